The molecule has 114 valence electrons. The minimum absolute atomic E-state index is 0.0828. The van der Waals surface area contributed by atoms with E-state index >= 15 is 0 Å². The molecule has 1 aliphatic rings. The van der Waals surface area contributed by atoms with Gasteiger partial charge in [-0.3, -0.25) is 0 Å². The minimum Gasteiger partial charge on any atom is -0.308 e. The fourth-order valence-electron chi connectivity index (χ4n) is 3.64. The van der Waals surface area contributed by atoms with Gasteiger partial charge in [0.15, 0.2) is 5.65 Å². The number of pyridine rings is 1. The van der Waals surface area contributed by atoms with E-state index in [1.54, 1.807) is 0 Å². The first-order valence-corrected chi connectivity index (χ1v) is 8.53. The van der Waals surface area contributed by atoms with Crippen LogP contribution in [0.5, 0.6) is 0 Å². The van der Waals surface area contributed by atoms with Gasteiger partial charge in [-0.05, 0) is 44.2 Å². The Balaban J connectivity index is 2.11. The zero-order valence-electron chi connectivity index (χ0n) is 13.1. The van der Waals surface area contributed by atoms with E-state index in [-0.39, 0.29) is 5.38 Å². The zero-order chi connectivity index (χ0) is 15.0. The number of imidazole rings is 1. The van der Waals surface area contributed by atoms with Crippen LogP contribution in [0.3, 0.4) is 0 Å². The van der Waals surface area contributed by atoms with Crippen LogP contribution in [0.15, 0.2) is 12.3 Å². The third-order valence-electron chi connectivity index (χ3n) is 4.86. The maximum absolute atomic E-state index is 6.41. The molecule has 1 fully saturated rings. The molecule has 3 rings (SSSR count). The van der Waals surface area contributed by atoms with Gasteiger partial charge < -0.3 is 4.57 Å². The van der Waals surface area contributed by atoms with E-state index < -0.39 is 0 Å². The van der Waals surface area contributed by atoms with Crippen LogP contribution >= 0.6 is 11.6 Å². The molecule has 2 aromatic heterocycles. The quantitative estimate of drug-likeness (QED) is 0.731. The van der Waals surface area contributed by atoms with Crippen molar-refractivity contribution in [1.29, 1.82) is 0 Å². The molecule has 3 nitrogen and oxygen atoms in total. The summed E-state index contributed by atoms with van der Waals surface area (Å²) in [7, 11) is 0. The van der Waals surface area contributed by atoms with Gasteiger partial charge in [0.05, 0.1) is 5.38 Å². The number of hydrogen-bond acceptors (Lipinski definition) is 2. The molecule has 1 saturated carbocycles. The highest BCUT2D eigenvalue weighted by atomic mass is 35.5. The maximum Gasteiger partial charge on any atom is 0.160 e. The predicted molar refractivity (Wildman–Crippen MR) is 87.8 cm³/mol. The first-order chi connectivity index (χ1) is 10.1. The number of alkyl halides is 1. The summed E-state index contributed by atoms with van der Waals surface area (Å²) in [6.07, 6.45) is 8.25. The SMILES string of the molecule is CCC1CCCC(n2c(C(C)Cl)nc3c(C)ccnc32)C1. The summed E-state index contributed by atoms with van der Waals surface area (Å²) in [4.78, 5) is 9.42. The smallest absolute Gasteiger partial charge is 0.160 e. The van der Waals surface area contributed by atoms with E-state index in [9.17, 15) is 0 Å². The molecule has 0 spiro atoms. The molecule has 2 aromatic rings. The van der Waals surface area contributed by atoms with Gasteiger partial charge in [0.2, 0.25) is 0 Å². The van der Waals surface area contributed by atoms with Crippen molar-refractivity contribution in [2.24, 2.45) is 5.92 Å². The standard InChI is InChI=1S/C17H24ClN3/c1-4-13-6-5-7-14(10-13)21-16(12(3)18)20-15-11(2)8-9-19-17(15)21/h8-9,12-14H,4-7,10H2,1-3H3. The van der Waals surface area contributed by atoms with Gasteiger partial charge in [-0.1, -0.05) is 26.2 Å². The molecule has 3 atom stereocenters. The first-order valence-electron chi connectivity index (χ1n) is 8.09. The van der Waals surface area contributed by atoms with Gasteiger partial charge in [-0.2, -0.15) is 0 Å². The van der Waals surface area contributed by atoms with Crippen molar-refractivity contribution in [3.63, 3.8) is 0 Å². The molecule has 0 radical (unpaired) electrons. The zero-order valence-corrected chi connectivity index (χ0v) is 13.9. The topological polar surface area (TPSA) is 30.7 Å². The number of hydrogen-bond donors (Lipinski definition) is 0. The number of fused-ring (bicyclic) bond motifs is 1. The second kappa shape index (κ2) is 5.96. The second-order valence-corrected chi connectivity index (χ2v) is 7.01. The molecule has 0 saturated heterocycles. The Hall–Kier alpha value is -1.09. The Morgan fingerprint density at radius 3 is 2.95 bits per heavy atom. The fourth-order valence-corrected chi connectivity index (χ4v) is 3.79. The lowest BCUT2D eigenvalue weighted by Crippen LogP contribution is -2.21. The van der Waals surface area contributed by atoms with Gasteiger partial charge in [0.25, 0.3) is 0 Å². The number of aromatic nitrogens is 3. The summed E-state index contributed by atoms with van der Waals surface area (Å²) in [5.74, 6) is 1.81. The minimum atomic E-state index is -0.0828. The molecule has 2 heterocycles. The highest BCUT2D eigenvalue weighted by Gasteiger charge is 2.27. The van der Waals surface area contributed by atoms with Crippen molar-refractivity contribution in [2.45, 2.75) is 64.3 Å². The highest BCUT2D eigenvalue weighted by molar-refractivity contribution is 6.20. The van der Waals surface area contributed by atoms with Crippen LogP contribution < -0.4 is 0 Å². The Labute approximate surface area is 131 Å². The molecular formula is C17H24ClN3. The molecule has 0 aromatic carbocycles. The largest absolute Gasteiger partial charge is 0.308 e. The summed E-state index contributed by atoms with van der Waals surface area (Å²) < 4.78 is 2.34. The van der Waals surface area contributed by atoms with Gasteiger partial charge in [0.1, 0.15) is 11.3 Å². The molecule has 1 aliphatic carbocycles. The monoisotopic (exact) mass is 305 g/mol. The van der Waals surface area contributed by atoms with Crippen LogP contribution in [0.4, 0.5) is 0 Å². The summed E-state index contributed by atoms with van der Waals surface area (Å²) in [6.45, 7) is 6.40. The molecular weight excluding hydrogens is 282 g/mol. The van der Waals surface area contributed by atoms with Gasteiger partial charge in [0, 0.05) is 12.2 Å². The van der Waals surface area contributed by atoms with Crippen molar-refractivity contribution in [2.75, 3.05) is 0 Å². The summed E-state index contributed by atoms with van der Waals surface area (Å²) in [5, 5.41) is -0.0828. The molecule has 21 heavy (non-hydrogen) atoms. The molecule has 0 aliphatic heterocycles. The Morgan fingerprint density at radius 2 is 2.24 bits per heavy atom. The lowest BCUT2D eigenvalue weighted by Gasteiger charge is -2.31. The molecule has 0 N–H and O–H groups in total. The highest BCUT2D eigenvalue weighted by Crippen LogP contribution is 2.38. The van der Waals surface area contributed by atoms with Crippen LogP contribution in [0, 0.1) is 12.8 Å². The molecule has 0 amide bonds. The van der Waals surface area contributed by atoms with Crippen molar-refractivity contribution in [3.05, 3.63) is 23.7 Å². The molecule has 3 unspecified atom stereocenters. The third kappa shape index (κ3) is 2.68. The Kier molecular flexibility index (Phi) is 4.21. The average molecular weight is 306 g/mol. The lowest BCUT2D eigenvalue weighted by molar-refractivity contribution is 0.261. The van der Waals surface area contributed by atoms with Crippen LogP contribution in [-0.4, -0.2) is 14.5 Å². The van der Waals surface area contributed by atoms with Crippen LogP contribution in [0.25, 0.3) is 11.2 Å². The van der Waals surface area contributed by atoms with Gasteiger partial charge in [-0.15, -0.1) is 11.6 Å². The van der Waals surface area contributed by atoms with E-state index in [0.29, 0.717) is 6.04 Å². The summed E-state index contributed by atoms with van der Waals surface area (Å²) in [5.41, 5.74) is 3.21. The van der Waals surface area contributed by atoms with E-state index in [1.807, 2.05) is 19.2 Å². The van der Waals surface area contributed by atoms with Crippen LogP contribution in [0.1, 0.15) is 68.8 Å². The fraction of sp³-hybridized carbons (Fsp3) is 0.647. The first kappa shape index (κ1) is 14.8. The Bertz CT molecular complexity index is 632. The third-order valence-corrected chi connectivity index (χ3v) is 5.06. The van der Waals surface area contributed by atoms with E-state index in [1.165, 1.54) is 37.7 Å². The van der Waals surface area contributed by atoms with E-state index in [0.717, 1.165) is 22.9 Å². The van der Waals surface area contributed by atoms with Crippen molar-refractivity contribution >= 4 is 22.8 Å². The molecule has 4 heteroatoms. The van der Waals surface area contributed by atoms with Gasteiger partial charge in [-0.25, -0.2) is 9.97 Å². The van der Waals surface area contributed by atoms with Gasteiger partial charge >= 0.3 is 0 Å². The number of rotatable bonds is 3. The summed E-state index contributed by atoms with van der Waals surface area (Å²) in [6, 6.07) is 2.53. The normalized spacial score (nSPS) is 24.4. The summed E-state index contributed by atoms with van der Waals surface area (Å²) >= 11 is 6.41. The molecule has 0 bridgehead atoms. The Morgan fingerprint density at radius 1 is 1.43 bits per heavy atom. The van der Waals surface area contributed by atoms with Crippen molar-refractivity contribution < 1.29 is 0 Å². The average Bonchev–Trinajstić information content (AvgIpc) is 2.88. The van der Waals surface area contributed by atoms with Crippen molar-refractivity contribution in [3.8, 4) is 0 Å². The van der Waals surface area contributed by atoms with Crippen molar-refractivity contribution in [1.82, 2.24) is 14.5 Å². The van der Waals surface area contributed by atoms with Crippen LogP contribution in [-0.2, 0) is 0 Å². The maximum atomic E-state index is 6.41. The lowest BCUT2D eigenvalue weighted by atomic mass is 9.84. The van der Waals surface area contributed by atoms with Crippen LogP contribution in [0.2, 0.25) is 0 Å². The number of aryl methyl sites for hydroxylation is 1. The predicted octanol–water partition coefficient (Wildman–Crippen LogP) is 5.18. The van der Waals surface area contributed by atoms with E-state index in [4.69, 9.17) is 16.6 Å². The van der Waals surface area contributed by atoms with E-state index in [2.05, 4.69) is 23.4 Å². The number of nitrogens with zero attached hydrogens (tertiary/aromatic N) is 3. The number of halogens is 1. The second-order valence-electron chi connectivity index (χ2n) is 6.35.